The Hall–Kier alpha value is -3.74. The van der Waals surface area contributed by atoms with Crippen molar-refractivity contribution in [2.24, 2.45) is 0 Å². The summed E-state index contributed by atoms with van der Waals surface area (Å²) in [5, 5.41) is 2.76. The number of benzene rings is 2. The molecule has 1 aliphatic rings. The molecule has 2 heterocycles. The van der Waals surface area contributed by atoms with Gasteiger partial charge in [-0.05, 0) is 37.1 Å². The largest absolute Gasteiger partial charge is 0.465 e. The number of esters is 1. The van der Waals surface area contributed by atoms with Gasteiger partial charge in [0.05, 0.1) is 18.4 Å². The summed E-state index contributed by atoms with van der Waals surface area (Å²) in [7, 11) is 1.30. The third-order valence-electron chi connectivity index (χ3n) is 4.80. The number of para-hydroxylation sites is 2. The molecule has 0 bridgehead atoms. The molecule has 3 aromatic rings. The number of fused-ring (bicyclic) bond motifs is 1. The summed E-state index contributed by atoms with van der Waals surface area (Å²) >= 11 is 0. The molecule has 2 aromatic carbocycles. The first-order valence-electron chi connectivity index (χ1n) is 9.26. The Morgan fingerprint density at radius 2 is 1.83 bits per heavy atom. The summed E-state index contributed by atoms with van der Waals surface area (Å²) in [6.45, 7) is 2.55. The van der Waals surface area contributed by atoms with E-state index in [0.717, 1.165) is 18.7 Å². The lowest BCUT2D eigenvalue weighted by Crippen LogP contribution is -2.20. The van der Waals surface area contributed by atoms with Gasteiger partial charge in [0, 0.05) is 18.3 Å². The maximum absolute atomic E-state index is 12.9. The van der Waals surface area contributed by atoms with Gasteiger partial charge in [-0.15, -0.1) is 0 Å². The number of anilines is 3. The molecule has 0 fully saturated rings. The number of nitrogens with zero attached hydrogens (tertiary/aromatic N) is 3. The quantitative estimate of drug-likeness (QED) is 0.689. The van der Waals surface area contributed by atoms with E-state index < -0.39 is 11.9 Å². The Bertz CT molecular complexity index is 1100. The molecule has 0 atom stereocenters. The molecule has 0 aliphatic carbocycles. The number of carbonyl (C=O) groups is 2. The number of rotatable bonds is 4. The number of aryl methyl sites for hydroxylation is 1. The van der Waals surface area contributed by atoms with E-state index in [-0.39, 0.29) is 11.3 Å². The molecule has 0 saturated heterocycles. The number of ether oxygens (including phenoxy) is 1. The third-order valence-corrected chi connectivity index (χ3v) is 4.80. The molecule has 0 radical (unpaired) electrons. The molecule has 4 rings (SSSR count). The minimum atomic E-state index is -0.519. The molecule has 29 heavy (non-hydrogen) atoms. The highest BCUT2D eigenvalue weighted by Gasteiger charge is 2.23. The van der Waals surface area contributed by atoms with Crippen molar-refractivity contribution in [3.63, 3.8) is 0 Å². The minimum absolute atomic E-state index is 0.233. The number of carbonyl (C=O) groups excluding carboxylic acids is 2. The second-order valence-electron chi connectivity index (χ2n) is 6.68. The summed E-state index contributed by atoms with van der Waals surface area (Å²) in [6.07, 6.45) is 0.924. The van der Waals surface area contributed by atoms with Gasteiger partial charge in [0.25, 0.3) is 5.91 Å². The second kappa shape index (κ2) is 7.71. The summed E-state index contributed by atoms with van der Waals surface area (Å²) in [6, 6.07) is 16.5. The third kappa shape index (κ3) is 3.67. The van der Waals surface area contributed by atoms with Gasteiger partial charge in [0.2, 0.25) is 0 Å². The van der Waals surface area contributed by atoms with Crippen LogP contribution in [-0.4, -0.2) is 35.5 Å². The van der Waals surface area contributed by atoms with Crippen LogP contribution in [0, 0.1) is 6.92 Å². The lowest BCUT2D eigenvalue weighted by Gasteiger charge is -2.19. The van der Waals surface area contributed by atoms with Gasteiger partial charge in [-0.1, -0.05) is 30.3 Å². The number of amides is 1. The first-order chi connectivity index (χ1) is 14.1. The van der Waals surface area contributed by atoms with Gasteiger partial charge < -0.3 is 15.0 Å². The molecule has 1 aliphatic heterocycles. The Kier molecular flexibility index (Phi) is 4.95. The summed E-state index contributed by atoms with van der Waals surface area (Å²) < 4.78 is 4.78. The summed E-state index contributed by atoms with van der Waals surface area (Å²) in [5.74, 6) is 0.238. The van der Waals surface area contributed by atoms with Crippen molar-refractivity contribution in [3.05, 3.63) is 77.2 Å². The molecule has 0 saturated carbocycles. The van der Waals surface area contributed by atoms with E-state index in [2.05, 4.69) is 26.3 Å². The highest BCUT2D eigenvalue weighted by Crippen LogP contribution is 2.33. The Morgan fingerprint density at radius 1 is 1.07 bits per heavy atom. The Labute approximate surface area is 168 Å². The van der Waals surface area contributed by atoms with E-state index in [1.807, 2.05) is 18.2 Å². The van der Waals surface area contributed by atoms with Crippen molar-refractivity contribution in [1.29, 1.82) is 0 Å². The smallest absolute Gasteiger partial charge is 0.339 e. The molecule has 1 amide bonds. The van der Waals surface area contributed by atoms with E-state index >= 15 is 0 Å². The molecule has 7 heteroatoms. The lowest BCUT2D eigenvalue weighted by atomic mass is 10.1. The van der Waals surface area contributed by atoms with Crippen LogP contribution in [0.25, 0.3) is 0 Å². The fourth-order valence-corrected chi connectivity index (χ4v) is 3.45. The van der Waals surface area contributed by atoms with E-state index in [0.29, 0.717) is 17.3 Å². The Morgan fingerprint density at radius 3 is 2.66 bits per heavy atom. The highest BCUT2D eigenvalue weighted by atomic mass is 16.5. The van der Waals surface area contributed by atoms with Crippen molar-refractivity contribution >= 4 is 29.1 Å². The number of aromatic nitrogens is 2. The zero-order valence-electron chi connectivity index (χ0n) is 16.2. The van der Waals surface area contributed by atoms with Gasteiger partial charge >= 0.3 is 5.97 Å². The van der Waals surface area contributed by atoms with Gasteiger partial charge in [-0.3, -0.25) is 4.79 Å². The van der Waals surface area contributed by atoms with Crippen LogP contribution < -0.4 is 10.2 Å². The first kappa shape index (κ1) is 18.6. The number of methoxy groups -OCH3 is 1. The van der Waals surface area contributed by atoms with Crippen LogP contribution in [0.3, 0.4) is 0 Å². The second-order valence-corrected chi connectivity index (χ2v) is 6.68. The van der Waals surface area contributed by atoms with Gasteiger partial charge in [0.15, 0.2) is 0 Å². The highest BCUT2D eigenvalue weighted by molar-refractivity contribution is 6.07. The number of hydrogen-bond donors (Lipinski definition) is 1. The zero-order valence-corrected chi connectivity index (χ0v) is 16.2. The fraction of sp³-hybridized carbons (Fsp3) is 0.182. The molecule has 1 N–H and O–H groups in total. The van der Waals surface area contributed by atoms with Crippen LogP contribution in [0.2, 0.25) is 0 Å². The standard InChI is InChI=1S/C22H20N4O3/c1-14-23-18(21(27)25-17-9-5-4-8-16(17)22(28)29-2)13-20(24-14)26-12-11-15-7-3-6-10-19(15)26/h3-10,13H,11-12H2,1-2H3,(H,25,27). The van der Waals surface area contributed by atoms with Gasteiger partial charge in [-0.25, -0.2) is 14.8 Å². The number of nitrogens with one attached hydrogen (secondary N) is 1. The molecule has 1 aromatic heterocycles. The van der Waals surface area contributed by atoms with Crippen molar-refractivity contribution in [2.75, 3.05) is 23.9 Å². The lowest BCUT2D eigenvalue weighted by molar-refractivity contribution is 0.0602. The minimum Gasteiger partial charge on any atom is -0.465 e. The van der Waals surface area contributed by atoms with E-state index in [1.165, 1.54) is 12.7 Å². The van der Waals surface area contributed by atoms with Crippen molar-refractivity contribution in [3.8, 4) is 0 Å². The van der Waals surface area contributed by atoms with Crippen LogP contribution in [-0.2, 0) is 11.2 Å². The molecule has 0 spiro atoms. The van der Waals surface area contributed by atoms with Crippen LogP contribution in [0.4, 0.5) is 17.2 Å². The van der Waals surface area contributed by atoms with Crippen LogP contribution in [0.1, 0.15) is 32.2 Å². The number of hydrogen-bond acceptors (Lipinski definition) is 6. The SMILES string of the molecule is COC(=O)c1ccccc1NC(=O)c1cc(N2CCc3ccccc32)nc(C)n1. The van der Waals surface area contributed by atoms with E-state index in [1.54, 1.807) is 37.3 Å². The van der Waals surface area contributed by atoms with Gasteiger partial charge in [0.1, 0.15) is 17.3 Å². The molecular formula is C22H20N4O3. The predicted octanol–water partition coefficient (Wildman–Crippen LogP) is 3.52. The van der Waals surface area contributed by atoms with Gasteiger partial charge in [-0.2, -0.15) is 0 Å². The normalized spacial score (nSPS) is 12.4. The summed E-state index contributed by atoms with van der Waals surface area (Å²) in [5.41, 5.74) is 3.22. The average Bonchev–Trinajstić information content (AvgIpc) is 3.17. The first-order valence-corrected chi connectivity index (χ1v) is 9.26. The molecular weight excluding hydrogens is 368 g/mol. The van der Waals surface area contributed by atoms with Crippen molar-refractivity contribution in [2.45, 2.75) is 13.3 Å². The topological polar surface area (TPSA) is 84.4 Å². The van der Waals surface area contributed by atoms with E-state index in [9.17, 15) is 9.59 Å². The molecule has 0 unspecified atom stereocenters. The maximum atomic E-state index is 12.9. The van der Waals surface area contributed by atoms with E-state index in [4.69, 9.17) is 4.74 Å². The average molecular weight is 388 g/mol. The predicted molar refractivity (Wildman–Crippen MR) is 110 cm³/mol. The Balaban J connectivity index is 1.64. The van der Waals surface area contributed by atoms with Crippen molar-refractivity contribution in [1.82, 2.24) is 9.97 Å². The van der Waals surface area contributed by atoms with Crippen LogP contribution >= 0.6 is 0 Å². The fourth-order valence-electron chi connectivity index (χ4n) is 3.45. The molecule has 146 valence electrons. The van der Waals surface area contributed by atoms with Crippen LogP contribution in [0.15, 0.2) is 54.6 Å². The molecule has 7 nitrogen and oxygen atoms in total. The monoisotopic (exact) mass is 388 g/mol. The summed E-state index contributed by atoms with van der Waals surface area (Å²) in [4.78, 5) is 35.7. The van der Waals surface area contributed by atoms with Crippen LogP contribution in [0.5, 0.6) is 0 Å². The van der Waals surface area contributed by atoms with Crippen molar-refractivity contribution < 1.29 is 14.3 Å². The maximum Gasteiger partial charge on any atom is 0.339 e. The zero-order chi connectivity index (χ0) is 20.4.